The fourth-order valence-electron chi connectivity index (χ4n) is 3.73. The lowest BCUT2D eigenvalue weighted by atomic mass is 10.1. The molecule has 2 aromatic rings. The first-order chi connectivity index (χ1) is 14.5. The van der Waals surface area contributed by atoms with Gasteiger partial charge in [-0.25, -0.2) is 0 Å². The lowest BCUT2D eigenvalue weighted by molar-refractivity contribution is -0.116. The van der Waals surface area contributed by atoms with Crippen LogP contribution in [0, 0.1) is 6.92 Å². The SMILES string of the molecule is CCCCCC(=O)Nc1ccc(N2CCN(C(=O)c3ccccc3C)CC2)c(Cl)c1. The largest absolute Gasteiger partial charge is 0.367 e. The fraction of sp³-hybridized carbons (Fsp3) is 0.417. The minimum absolute atomic E-state index is 0.0237. The van der Waals surface area contributed by atoms with E-state index in [1.165, 1.54) is 0 Å². The van der Waals surface area contributed by atoms with Crippen LogP contribution in [0.25, 0.3) is 0 Å². The molecule has 6 heteroatoms. The van der Waals surface area contributed by atoms with Crippen LogP contribution in [0.5, 0.6) is 0 Å². The molecule has 0 atom stereocenters. The van der Waals surface area contributed by atoms with E-state index in [-0.39, 0.29) is 11.8 Å². The maximum atomic E-state index is 12.8. The molecular weight excluding hydrogens is 398 g/mol. The molecule has 0 radical (unpaired) electrons. The van der Waals surface area contributed by atoms with Crippen molar-refractivity contribution in [3.63, 3.8) is 0 Å². The van der Waals surface area contributed by atoms with Gasteiger partial charge in [0.25, 0.3) is 5.91 Å². The Morgan fingerprint density at radius 3 is 2.43 bits per heavy atom. The zero-order chi connectivity index (χ0) is 21.5. The van der Waals surface area contributed by atoms with Gasteiger partial charge in [0.05, 0.1) is 10.7 Å². The normalized spacial score (nSPS) is 14.0. The van der Waals surface area contributed by atoms with Gasteiger partial charge >= 0.3 is 0 Å². The van der Waals surface area contributed by atoms with Crippen molar-refractivity contribution in [1.82, 2.24) is 4.90 Å². The first-order valence-electron chi connectivity index (χ1n) is 10.7. The number of carbonyl (C=O) groups excluding carboxylic acids is 2. The molecule has 30 heavy (non-hydrogen) atoms. The third-order valence-electron chi connectivity index (χ3n) is 5.52. The highest BCUT2D eigenvalue weighted by Crippen LogP contribution is 2.30. The minimum atomic E-state index is 0.0237. The highest BCUT2D eigenvalue weighted by Gasteiger charge is 2.24. The van der Waals surface area contributed by atoms with Crippen LogP contribution in [0.3, 0.4) is 0 Å². The summed E-state index contributed by atoms with van der Waals surface area (Å²) < 4.78 is 0. The zero-order valence-corrected chi connectivity index (χ0v) is 18.5. The maximum absolute atomic E-state index is 12.8. The first-order valence-corrected chi connectivity index (χ1v) is 11.1. The van der Waals surface area contributed by atoms with Gasteiger partial charge in [-0.3, -0.25) is 9.59 Å². The van der Waals surface area contributed by atoms with Gasteiger partial charge in [0.15, 0.2) is 0 Å². The third-order valence-corrected chi connectivity index (χ3v) is 5.82. The van der Waals surface area contributed by atoms with Crippen molar-refractivity contribution in [2.45, 2.75) is 39.5 Å². The molecule has 1 saturated heterocycles. The molecule has 0 aromatic heterocycles. The molecule has 2 aromatic carbocycles. The van der Waals surface area contributed by atoms with Crippen molar-refractivity contribution in [3.8, 4) is 0 Å². The van der Waals surface area contributed by atoms with Crippen LogP contribution in [0.4, 0.5) is 11.4 Å². The lowest BCUT2D eigenvalue weighted by Crippen LogP contribution is -2.49. The number of aryl methyl sites for hydroxylation is 1. The summed E-state index contributed by atoms with van der Waals surface area (Å²) in [6.07, 6.45) is 3.59. The van der Waals surface area contributed by atoms with E-state index >= 15 is 0 Å². The molecule has 0 saturated carbocycles. The molecule has 0 unspecified atom stereocenters. The average molecular weight is 428 g/mol. The summed E-state index contributed by atoms with van der Waals surface area (Å²) in [4.78, 5) is 28.9. The van der Waals surface area contributed by atoms with Gasteiger partial charge in [0.1, 0.15) is 0 Å². The molecule has 2 amide bonds. The Morgan fingerprint density at radius 1 is 1.03 bits per heavy atom. The van der Waals surface area contributed by atoms with Crippen LogP contribution in [0.1, 0.15) is 48.5 Å². The van der Waals surface area contributed by atoms with Crippen LogP contribution in [0.2, 0.25) is 5.02 Å². The summed E-state index contributed by atoms with van der Waals surface area (Å²) in [7, 11) is 0. The summed E-state index contributed by atoms with van der Waals surface area (Å²) >= 11 is 6.52. The van der Waals surface area contributed by atoms with Crippen molar-refractivity contribution in [2.24, 2.45) is 0 Å². The van der Waals surface area contributed by atoms with Crippen molar-refractivity contribution in [1.29, 1.82) is 0 Å². The molecule has 5 nitrogen and oxygen atoms in total. The summed E-state index contributed by atoms with van der Waals surface area (Å²) in [6.45, 7) is 6.83. The van der Waals surface area contributed by atoms with E-state index in [9.17, 15) is 9.59 Å². The summed E-state index contributed by atoms with van der Waals surface area (Å²) in [6, 6.07) is 13.3. The highest BCUT2D eigenvalue weighted by atomic mass is 35.5. The first kappa shape index (κ1) is 22.2. The number of hydrogen-bond acceptors (Lipinski definition) is 3. The number of unbranched alkanes of at least 4 members (excludes halogenated alkanes) is 2. The fourth-order valence-corrected chi connectivity index (χ4v) is 4.03. The molecule has 1 fully saturated rings. The second-order valence-electron chi connectivity index (χ2n) is 7.77. The third kappa shape index (κ3) is 5.54. The van der Waals surface area contributed by atoms with Gasteiger partial charge in [-0.15, -0.1) is 0 Å². The van der Waals surface area contributed by atoms with Gasteiger partial charge in [-0.05, 0) is 43.2 Å². The monoisotopic (exact) mass is 427 g/mol. The quantitative estimate of drug-likeness (QED) is 0.623. The molecule has 1 aliphatic rings. The number of piperazine rings is 1. The Labute approximate surface area is 184 Å². The number of nitrogens with zero attached hydrogens (tertiary/aromatic N) is 2. The molecule has 0 bridgehead atoms. The number of anilines is 2. The molecule has 1 heterocycles. The Balaban J connectivity index is 1.57. The molecule has 1 N–H and O–H groups in total. The minimum Gasteiger partial charge on any atom is -0.367 e. The smallest absolute Gasteiger partial charge is 0.254 e. The highest BCUT2D eigenvalue weighted by molar-refractivity contribution is 6.33. The van der Waals surface area contributed by atoms with E-state index in [1.807, 2.05) is 48.2 Å². The van der Waals surface area contributed by atoms with E-state index in [0.29, 0.717) is 24.5 Å². The Morgan fingerprint density at radius 2 is 1.77 bits per heavy atom. The Kier molecular flexibility index (Phi) is 7.75. The van der Waals surface area contributed by atoms with Crippen molar-refractivity contribution >= 4 is 34.8 Å². The van der Waals surface area contributed by atoms with E-state index in [1.54, 1.807) is 6.07 Å². The van der Waals surface area contributed by atoms with Crippen LogP contribution < -0.4 is 10.2 Å². The topological polar surface area (TPSA) is 52.7 Å². The van der Waals surface area contributed by atoms with E-state index in [0.717, 1.165) is 54.9 Å². The molecule has 0 aliphatic carbocycles. The predicted molar refractivity (Wildman–Crippen MR) is 124 cm³/mol. The van der Waals surface area contributed by atoms with E-state index < -0.39 is 0 Å². The number of nitrogens with one attached hydrogen (secondary N) is 1. The molecule has 1 aliphatic heterocycles. The molecular formula is C24H30ClN3O2. The standard InChI is InChI=1S/C24H30ClN3O2/c1-3-4-5-10-23(29)26-19-11-12-22(21(25)17-19)27-13-15-28(16-14-27)24(30)20-9-7-6-8-18(20)2/h6-9,11-12,17H,3-5,10,13-16H2,1-2H3,(H,26,29). The Hall–Kier alpha value is -2.53. The second kappa shape index (κ2) is 10.5. The lowest BCUT2D eigenvalue weighted by Gasteiger charge is -2.36. The number of rotatable bonds is 7. The van der Waals surface area contributed by atoms with Crippen molar-refractivity contribution < 1.29 is 9.59 Å². The van der Waals surface area contributed by atoms with Crippen LogP contribution in [0.15, 0.2) is 42.5 Å². The maximum Gasteiger partial charge on any atom is 0.254 e. The van der Waals surface area contributed by atoms with Crippen LogP contribution in [-0.4, -0.2) is 42.9 Å². The number of halogens is 1. The van der Waals surface area contributed by atoms with Gasteiger partial charge in [0, 0.05) is 43.9 Å². The average Bonchev–Trinajstić information content (AvgIpc) is 2.74. The number of hydrogen-bond donors (Lipinski definition) is 1. The van der Waals surface area contributed by atoms with E-state index in [2.05, 4.69) is 17.1 Å². The predicted octanol–water partition coefficient (Wildman–Crippen LogP) is 5.13. The molecule has 3 rings (SSSR count). The summed E-state index contributed by atoms with van der Waals surface area (Å²) in [5, 5.41) is 3.53. The van der Waals surface area contributed by atoms with Gasteiger partial charge < -0.3 is 15.1 Å². The van der Waals surface area contributed by atoms with Crippen LogP contribution in [-0.2, 0) is 4.79 Å². The van der Waals surface area contributed by atoms with Crippen molar-refractivity contribution in [2.75, 3.05) is 36.4 Å². The van der Waals surface area contributed by atoms with Crippen molar-refractivity contribution in [3.05, 3.63) is 58.6 Å². The van der Waals surface area contributed by atoms with Crippen LogP contribution >= 0.6 is 11.6 Å². The van der Waals surface area contributed by atoms with E-state index in [4.69, 9.17) is 11.6 Å². The van der Waals surface area contributed by atoms with Gasteiger partial charge in [0.2, 0.25) is 5.91 Å². The number of benzene rings is 2. The van der Waals surface area contributed by atoms with Gasteiger partial charge in [-0.1, -0.05) is 49.6 Å². The Bertz CT molecular complexity index is 892. The number of carbonyl (C=O) groups is 2. The second-order valence-corrected chi connectivity index (χ2v) is 8.17. The number of amides is 2. The zero-order valence-electron chi connectivity index (χ0n) is 17.8. The molecule has 160 valence electrons. The summed E-state index contributed by atoms with van der Waals surface area (Å²) in [5.41, 5.74) is 3.42. The van der Waals surface area contributed by atoms with Gasteiger partial charge in [-0.2, -0.15) is 0 Å². The summed E-state index contributed by atoms with van der Waals surface area (Å²) in [5.74, 6) is 0.107. The molecule has 0 spiro atoms.